The van der Waals surface area contributed by atoms with Crippen LogP contribution >= 0.6 is 11.8 Å². The third-order valence-corrected chi connectivity index (χ3v) is 3.78. The van der Waals surface area contributed by atoms with E-state index in [4.69, 9.17) is 4.74 Å². The monoisotopic (exact) mass is 237 g/mol. The number of thioether (sulfide) groups is 1. The van der Waals surface area contributed by atoms with Crippen LogP contribution < -0.4 is 5.32 Å². The summed E-state index contributed by atoms with van der Waals surface area (Å²) in [4.78, 5) is 1.36. The summed E-state index contributed by atoms with van der Waals surface area (Å²) >= 11 is 1.92. The van der Waals surface area contributed by atoms with Crippen LogP contribution in [0.5, 0.6) is 0 Å². The SMILES string of the molecule is c1ccc(SCCNC2CCOCC2)cc1. The van der Waals surface area contributed by atoms with Gasteiger partial charge in [0.25, 0.3) is 0 Å². The Hall–Kier alpha value is -0.510. The third kappa shape index (κ3) is 4.16. The van der Waals surface area contributed by atoms with E-state index in [1.807, 2.05) is 11.8 Å². The smallest absolute Gasteiger partial charge is 0.0480 e. The molecule has 0 spiro atoms. The molecule has 0 saturated carbocycles. The standard InChI is InChI=1S/C13H19NOS/c1-2-4-13(5-3-1)16-11-8-14-12-6-9-15-10-7-12/h1-5,12,14H,6-11H2. The molecule has 88 valence electrons. The van der Waals surface area contributed by atoms with Crippen molar-refractivity contribution in [3.63, 3.8) is 0 Å². The summed E-state index contributed by atoms with van der Waals surface area (Å²) in [5.41, 5.74) is 0. The number of nitrogens with one attached hydrogen (secondary N) is 1. The van der Waals surface area contributed by atoms with E-state index in [0.29, 0.717) is 6.04 Å². The van der Waals surface area contributed by atoms with E-state index < -0.39 is 0 Å². The highest BCUT2D eigenvalue weighted by atomic mass is 32.2. The van der Waals surface area contributed by atoms with Crippen LogP contribution in [0.2, 0.25) is 0 Å². The number of hydrogen-bond donors (Lipinski definition) is 1. The number of ether oxygens (including phenoxy) is 1. The largest absolute Gasteiger partial charge is 0.381 e. The Labute approximate surface area is 102 Å². The lowest BCUT2D eigenvalue weighted by Gasteiger charge is -2.23. The van der Waals surface area contributed by atoms with Crippen LogP contribution in [0, 0.1) is 0 Å². The van der Waals surface area contributed by atoms with Gasteiger partial charge in [0.2, 0.25) is 0 Å². The van der Waals surface area contributed by atoms with Gasteiger partial charge in [-0.05, 0) is 25.0 Å². The predicted molar refractivity (Wildman–Crippen MR) is 69.0 cm³/mol. The fraction of sp³-hybridized carbons (Fsp3) is 0.538. The zero-order valence-electron chi connectivity index (χ0n) is 9.52. The Kier molecular flexibility index (Phi) is 5.19. The zero-order chi connectivity index (χ0) is 11.1. The maximum atomic E-state index is 5.33. The summed E-state index contributed by atoms with van der Waals surface area (Å²) in [6.45, 7) is 2.93. The lowest BCUT2D eigenvalue weighted by molar-refractivity contribution is 0.0786. The molecule has 0 aromatic heterocycles. The van der Waals surface area contributed by atoms with Gasteiger partial charge < -0.3 is 10.1 Å². The highest BCUT2D eigenvalue weighted by molar-refractivity contribution is 7.99. The van der Waals surface area contributed by atoms with Crippen molar-refractivity contribution >= 4 is 11.8 Å². The molecule has 2 rings (SSSR count). The minimum atomic E-state index is 0.671. The van der Waals surface area contributed by atoms with Gasteiger partial charge in [-0.1, -0.05) is 18.2 Å². The molecule has 1 aromatic carbocycles. The van der Waals surface area contributed by atoms with E-state index in [0.717, 1.165) is 38.4 Å². The molecule has 1 saturated heterocycles. The summed E-state index contributed by atoms with van der Waals surface area (Å²) in [6, 6.07) is 11.2. The Morgan fingerprint density at radius 3 is 2.69 bits per heavy atom. The topological polar surface area (TPSA) is 21.3 Å². The lowest BCUT2D eigenvalue weighted by Crippen LogP contribution is -2.35. The Morgan fingerprint density at radius 2 is 1.94 bits per heavy atom. The molecule has 16 heavy (non-hydrogen) atoms. The summed E-state index contributed by atoms with van der Waals surface area (Å²) in [6.07, 6.45) is 2.33. The van der Waals surface area contributed by atoms with Crippen molar-refractivity contribution < 1.29 is 4.74 Å². The van der Waals surface area contributed by atoms with Crippen LogP contribution in [0.3, 0.4) is 0 Å². The molecule has 0 bridgehead atoms. The predicted octanol–water partition coefficient (Wildman–Crippen LogP) is 2.55. The first kappa shape index (κ1) is 12.0. The zero-order valence-corrected chi connectivity index (χ0v) is 10.3. The average Bonchev–Trinajstić information content (AvgIpc) is 2.37. The maximum Gasteiger partial charge on any atom is 0.0480 e. The molecule has 0 amide bonds. The van der Waals surface area contributed by atoms with Gasteiger partial charge in [-0.25, -0.2) is 0 Å². The van der Waals surface area contributed by atoms with E-state index in [1.54, 1.807) is 0 Å². The molecule has 0 atom stereocenters. The van der Waals surface area contributed by atoms with Crippen molar-refractivity contribution in [2.75, 3.05) is 25.5 Å². The molecule has 0 radical (unpaired) electrons. The third-order valence-electron chi connectivity index (χ3n) is 2.77. The van der Waals surface area contributed by atoms with Crippen molar-refractivity contribution in [3.05, 3.63) is 30.3 Å². The van der Waals surface area contributed by atoms with Crippen LogP contribution in [0.4, 0.5) is 0 Å². The summed E-state index contributed by atoms with van der Waals surface area (Å²) in [7, 11) is 0. The van der Waals surface area contributed by atoms with Crippen LogP contribution in [-0.2, 0) is 4.74 Å². The van der Waals surface area contributed by atoms with Gasteiger partial charge in [0.05, 0.1) is 0 Å². The second-order valence-electron chi connectivity index (χ2n) is 4.00. The van der Waals surface area contributed by atoms with Gasteiger partial charge in [-0.15, -0.1) is 11.8 Å². The van der Waals surface area contributed by atoms with Gasteiger partial charge in [-0.2, -0.15) is 0 Å². The molecule has 1 aliphatic heterocycles. The maximum absolute atomic E-state index is 5.33. The Morgan fingerprint density at radius 1 is 1.19 bits per heavy atom. The molecule has 1 aliphatic rings. The normalized spacial score (nSPS) is 17.5. The molecule has 1 fully saturated rings. The van der Waals surface area contributed by atoms with Gasteiger partial charge in [-0.3, -0.25) is 0 Å². The van der Waals surface area contributed by atoms with Crippen LogP contribution in [0.25, 0.3) is 0 Å². The molecule has 1 aromatic rings. The van der Waals surface area contributed by atoms with Crippen LogP contribution in [-0.4, -0.2) is 31.6 Å². The summed E-state index contributed by atoms with van der Waals surface area (Å²) in [5, 5.41) is 3.59. The molecule has 1 heterocycles. The average molecular weight is 237 g/mol. The van der Waals surface area contributed by atoms with Crippen LogP contribution in [0.15, 0.2) is 35.2 Å². The molecule has 0 aliphatic carbocycles. The van der Waals surface area contributed by atoms with Gasteiger partial charge in [0.1, 0.15) is 0 Å². The van der Waals surface area contributed by atoms with Crippen LogP contribution in [0.1, 0.15) is 12.8 Å². The summed E-state index contributed by atoms with van der Waals surface area (Å²) in [5.74, 6) is 1.14. The Bertz CT molecular complexity index is 285. The van der Waals surface area contributed by atoms with E-state index in [1.165, 1.54) is 4.90 Å². The van der Waals surface area contributed by atoms with Gasteiger partial charge >= 0.3 is 0 Å². The molecule has 2 nitrogen and oxygen atoms in total. The first-order valence-electron chi connectivity index (χ1n) is 5.94. The van der Waals surface area contributed by atoms with Crippen molar-refractivity contribution in [2.45, 2.75) is 23.8 Å². The Balaban J connectivity index is 1.58. The molecule has 0 unspecified atom stereocenters. The van der Waals surface area contributed by atoms with E-state index in [2.05, 4.69) is 35.6 Å². The van der Waals surface area contributed by atoms with Crippen molar-refractivity contribution in [1.82, 2.24) is 5.32 Å². The van der Waals surface area contributed by atoms with Crippen molar-refractivity contribution in [2.24, 2.45) is 0 Å². The number of hydrogen-bond acceptors (Lipinski definition) is 3. The highest BCUT2D eigenvalue weighted by Crippen LogP contribution is 2.16. The summed E-state index contributed by atoms with van der Waals surface area (Å²) < 4.78 is 5.33. The van der Waals surface area contributed by atoms with E-state index >= 15 is 0 Å². The molecular weight excluding hydrogens is 218 g/mol. The number of benzene rings is 1. The molecule has 1 N–H and O–H groups in total. The fourth-order valence-corrected chi connectivity index (χ4v) is 2.66. The van der Waals surface area contributed by atoms with Crippen molar-refractivity contribution in [1.29, 1.82) is 0 Å². The number of rotatable bonds is 5. The van der Waals surface area contributed by atoms with Gasteiger partial charge in [0, 0.05) is 36.4 Å². The fourth-order valence-electron chi connectivity index (χ4n) is 1.85. The minimum Gasteiger partial charge on any atom is -0.381 e. The highest BCUT2D eigenvalue weighted by Gasteiger charge is 2.11. The second-order valence-corrected chi connectivity index (χ2v) is 5.17. The van der Waals surface area contributed by atoms with Gasteiger partial charge in [0.15, 0.2) is 0 Å². The first-order chi connectivity index (χ1) is 7.95. The quantitative estimate of drug-likeness (QED) is 0.628. The first-order valence-corrected chi connectivity index (χ1v) is 6.93. The molecular formula is C13H19NOS. The molecule has 3 heteroatoms. The van der Waals surface area contributed by atoms with E-state index in [9.17, 15) is 0 Å². The van der Waals surface area contributed by atoms with E-state index in [-0.39, 0.29) is 0 Å². The minimum absolute atomic E-state index is 0.671. The second kappa shape index (κ2) is 6.94. The van der Waals surface area contributed by atoms with Crippen molar-refractivity contribution in [3.8, 4) is 0 Å². The lowest BCUT2D eigenvalue weighted by atomic mass is 10.1.